The number of rotatable bonds is 3. The molecule has 3 rings (SSSR count). The SMILES string of the molecule is Fc1cccc(Cl)c1/C=N/Nc1ccc2ccccc2n1. The molecule has 1 N–H and O–H groups in total. The number of hydrogen-bond donors (Lipinski definition) is 1. The highest BCUT2D eigenvalue weighted by atomic mass is 35.5. The van der Waals surface area contributed by atoms with Gasteiger partial charge in [-0.3, -0.25) is 5.43 Å². The lowest BCUT2D eigenvalue weighted by molar-refractivity contribution is 0.626. The summed E-state index contributed by atoms with van der Waals surface area (Å²) in [4.78, 5) is 4.40. The molecule has 0 unspecified atom stereocenters. The molecule has 0 saturated carbocycles. The summed E-state index contributed by atoms with van der Waals surface area (Å²) < 4.78 is 13.6. The Morgan fingerprint density at radius 2 is 1.90 bits per heavy atom. The number of hydrazone groups is 1. The van der Waals surface area contributed by atoms with Crippen molar-refractivity contribution < 1.29 is 4.39 Å². The maximum Gasteiger partial charge on any atom is 0.146 e. The van der Waals surface area contributed by atoms with Crippen LogP contribution in [0.15, 0.2) is 59.7 Å². The molecule has 2 aromatic carbocycles. The molecule has 0 aliphatic rings. The summed E-state index contributed by atoms with van der Waals surface area (Å²) in [6.45, 7) is 0. The summed E-state index contributed by atoms with van der Waals surface area (Å²) in [5.74, 6) is 0.164. The van der Waals surface area contributed by atoms with E-state index >= 15 is 0 Å². The van der Waals surface area contributed by atoms with Crippen molar-refractivity contribution in [2.45, 2.75) is 0 Å². The Bertz CT molecular complexity index is 797. The first-order valence-electron chi connectivity index (χ1n) is 6.33. The third kappa shape index (κ3) is 3.01. The highest BCUT2D eigenvalue weighted by Gasteiger charge is 2.03. The number of fused-ring (bicyclic) bond motifs is 1. The topological polar surface area (TPSA) is 37.3 Å². The molecule has 0 aliphatic carbocycles. The minimum atomic E-state index is -0.417. The van der Waals surface area contributed by atoms with Crippen molar-refractivity contribution in [3.05, 3.63) is 71.0 Å². The molecule has 3 nitrogen and oxygen atoms in total. The molecule has 0 aliphatic heterocycles. The van der Waals surface area contributed by atoms with Crippen LogP contribution in [0.4, 0.5) is 10.2 Å². The molecule has 0 saturated heterocycles. The predicted molar refractivity (Wildman–Crippen MR) is 84.4 cm³/mol. The number of nitrogens with zero attached hydrogens (tertiary/aromatic N) is 2. The summed E-state index contributed by atoms with van der Waals surface area (Å²) in [7, 11) is 0. The van der Waals surface area contributed by atoms with Crippen LogP contribution in [0.5, 0.6) is 0 Å². The van der Waals surface area contributed by atoms with Gasteiger partial charge >= 0.3 is 0 Å². The lowest BCUT2D eigenvalue weighted by atomic mass is 10.2. The molecule has 3 aromatic rings. The molecular weight excluding hydrogens is 289 g/mol. The highest BCUT2D eigenvalue weighted by Crippen LogP contribution is 2.17. The van der Waals surface area contributed by atoms with Gasteiger partial charge in [0.1, 0.15) is 11.6 Å². The van der Waals surface area contributed by atoms with Gasteiger partial charge < -0.3 is 0 Å². The first-order valence-corrected chi connectivity index (χ1v) is 6.71. The van der Waals surface area contributed by atoms with Gasteiger partial charge in [0.2, 0.25) is 0 Å². The highest BCUT2D eigenvalue weighted by molar-refractivity contribution is 6.33. The van der Waals surface area contributed by atoms with Crippen LogP contribution in [0.1, 0.15) is 5.56 Å². The average Bonchev–Trinajstić information content (AvgIpc) is 2.50. The molecule has 21 heavy (non-hydrogen) atoms. The van der Waals surface area contributed by atoms with E-state index in [4.69, 9.17) is 11.6 Å². The van der Waals surface area contributed by atoms with Gasteiger partial charge in [-0.2, -0.15) is 5.10 Å². The van der Waals surface area contributed by atoms with Crippen LogP contribution >= 0.6 is 11.6 Å². The van der Waals surface area contributed by atoms with E-state index in [2.05, 4.69) is 15.5 Å². The molecular formula is C16H11ClFN3. The Morgan fingerprint density at radius 1 is 1.05 bits per heavy atom. The molecule has 0 spiro atoms. The predicted octanol–water partition coefficient (Wildman–Crippen LogP) is 4.47. The van der Waals surface area contributed by atoms with Crippen molar-refractivity contribution in [1.29, 1.82) is 0 Å². The monoisotopic (exact) mass is 299 g/mol. The van der Waals surface area contributed by atoms with Crippen molar-refractivity contribution in [2.75, 3.05) is 5.43 Å². The molecule has 1 heterocycles. The molecule has 0 fully saturated rings. The number of para-hydroxylation sites is 1. The largest absolute Gasteiger partial charge is 0.261 e. The number of aromatic nitrogens is 1. The smallest absolute Gasteiger partial charge is 0.146 e. The second-order valence-electron chi connectivity index (χ2n) is 4.39. The van der Waals surface area contributed by atoms with Gasteiger partial charge in [-0.25, -0.2) is 9.37 Å². The molecule has 0 radical (unpaired) electrons. The Morgan fingerprint density at radius 3 is 2.76 bits per heavy atom. The van der Waals surface area contributed by atoms with E-state index in [-0.39, 0.29) is 5.56 Å². The third-order valence-electron chi connectivity index (χ3n) is 2.97. The minimum absolute atomic E-state index is 0.243. The molecule has 0 amide bonds. The quantitative estimate of drug-likeness (QED) is 0.572. The maximum atomic E-state index is 13.6. The summed E-state index contributed by atoms with van der Waals surface area (Å²) in [5, 5.41) is 5.34. The lowest BCUT2D eigenvalue weighted by Gasteiger charge is -2.02. The second kappa shape index (κ2) is 5.89. The fourth-order valence-corrected chi connectivity index (χ4v) is 2.14. The fourth-order valence-electron chi connectivity index (χ4n) is 1.93. The third-order valence-corrected chi connectivity index (χ3v) is 3.30. The normalized spacial score (nSPS) is 11.1. The van der Waals surface area contributed by atoms with Crippen LogP contribution in [-0.2, 0) is 0 Å². The van der Waals surface area contributed by atoms with E-state index in [1.165, 1.54) is 12.3 Å². The zero-order valence-corrected chi connectivity index (χ0v) is 11.7. The zero-order valence-electron chi connectivity index (χ0n) is 10.9. The molecule has 0 atom stereocenters. The van der Waals surface area contributed by atoms with Gasteiger partial charge in [-0.15, -0.1) is 0 Å². The van der Waals surface area contributed by atoms with E-state index in [1.807, 2.05) is 36.4 Å². The fraction of sp³-hybridized carbons (Fsp3) is 0. The summed E-state index contributed by atoms with van der Waals surface area (Å²) in [5.41, 5.74) is 3.88. The number of anilines is 1. The summed E-state index contributed by atoms with van der Waals surface area (Å²) >= 11 is 5.91. The first kappa shape index (κ1) is 13.5. The Hall–Kier alpha value is -2.46. The van der Waals surface area contributed by atoms with E-state index in [1.54, 1.807) is 12.1 Å². The number of hydrogen-bond acceptors (Lipinski definition) is 3. The van der Waals surface area contributed by atoms with E-state index in [0.717, 1.165) is 10.9 Å². The lowest BCUT2D eigenvalue weighted by Crippen LogP contribution is -1.96. The van der Waals surface area contributed by atoms with Crippen LogP contribution in [0.2, 0.25) is 5.02 Å². The van der Waals surface area contributed by atoms with Crippen molar-refractivity contribution >= 4 is 34.5 Å². The minimum Gasteiger partial charge on any atom is -0.261 e. The number of pyridine rings is 1. The van der Waals surface area contributed by atoms with Gasteiger partial charge in [0.15, 0.2) is 0 Å². The maximum absolute atomic E-state index is 13.6. The van der Waals surface area contributed by atoms with Crippen molar-refractivity contribution in [2.24, 2.45) is 5.10 Å². The molecule has 1 aromatic heterocycles. The number of benzene rings is 2. The van der Waals surface area contributed by atoms with Crippen molar-refractivity contribution in [3.8, 4) is 0 Å². The van der Waals surface area contributed by atoms with Gasteiger partial charge in [0.05, 0.1) is 16.8 Å². The van der Waals surface area contributed by atoms with Crippen LogP contribution in [0, 0.1) is 5.82 Å². The van der Waals surface area contributed by atoms with Crippen LogP contribution in [-0.4, -0.2) is 11.2 Å². The van der Waals surface area contributed by atoms with Crippen LogP contribution < -0.4 is 5.43 Å². The molecule has 104 valence electrons. The Kier molecular flexibility index (Phi) is 3.79. The van der Waals surface area contributed by atoms with Gasteiger partial charge in [-0.05, 0) is 30.3 Å². The zero-order chi connectivity index (χ0) is 14.7. The Labute approximate surface area is 126 Å². The molecule has 5 heteroatoms. The number of halogens is 2. The first-order chi connectivity index (χ1) is 10.2. The molecule has 0 bridgehead atoms. The average molecular weight is 300 g/mol. The van der Waals surface area contributed by atoms with E-state index in [0.29, 0.717) is 10.8 Å². The van der Waals surface area contributed by atoms with Crippen molar-refractivity contribution in [3.63, 3.8) is 0 Å². The van der Waals surface area contributed by atoms with E-state index in [9.17, 15) is 4.39 Å². The van der Waals surface area contributed by atoms with Gasteiger partial charge in [0, 0.05) is 10.9 Å². The summed E-state index contributed by atoms with van der Waals surface area (Å²) in [6, 6.07) is 16.0. The second-order valence-corrected chi connectivity index (χ2v) is 4.80. The van der Waals surface area contributed by atoms with E-state index < -0.39 is 5.82 Å². The van der Waals surface area contributed by atoms with Gasteiger partial charge in [-0.1, -0.05) is 35.9 Å². The van der Waals surface area contributed by atoms with Crippen molar-refractivity contribution in [1.82, 2.24) is 4.98 Å². The van der Waals surface area contributed by atoms with Gasteiger partial charge in [0.25, 0.3) is 0 Å². The van der Waals surface area contributed by atoms with Crippen LogP contribution in [0.3, 0.4) is 0 Å². The Balaban J connectivity index is 1.81. The number of nitrogens with one attached hydrogen (secondary N) is 1. The summed E-state index contributed by atoms with van der Waals surface area (Å²) in [6.07, 6.45) is 1.34. The van der Waals surface area contributed by atoms with Crippen LogP contribution in [0.25, 0.3) is 10.9 Å². The standard InChI is InChI=1S/C16H11ClFN3/c17-13-5-3-6-14(18)12(13)10-19-21-16-9-8-11-4-1-2-7-15(11)20-16/h1-10H,(H,20,21)/b19-10+.